The summed E-state index contributed by atoms with van der Waals surface area (Å²) < 4.78 is 0. The highest BCUT2D eigenvalue weighted by molar-refractivity contribution is 6.44. The van der Waals surface area contributed by atoms with Gasteiger partial charge >= 0.3 is 0 Å². The van der Waals surface area contributed by atoms with E-state index in [9.17, 15) is 5.11 Å². The molecule has 0 aliphatic heterocycles. The van der Waals surface area contributed by atoms with Gasteiger partial charge in [0.05, 0.1) is 38.5 Å². The van der Waals surface area contributed by atoms with E-state index in [-0.39, 0.29) is 6.54 Å². The molecule has 2 rings (SSSR count). The number of aliphatic hydroxyl groups excluding tert-OH is 1. The Morgan fingerprint density at radius 2 is 1.67 bits per heavy atom. The molecular formula is C15H11Cl3N2O. The van der Waals surface area contributed by atoms with Crippen LogP contribution in [0.3, 0.4) is 0 Å². The van der Waals surface area contributed by atoms with Crippen molar-refractivity contribution in [3.63, 3.8) is 0 Å². The number of halogens is 3. The van der Waals surface area contributed by atoms with Crippen LogP contribution in [0.2, 0.25) is 15.1 Å². The van der Waals surface area contributed by atoms with Crippen LogP contribution in [0.1, 0.15) is 17.2 Å². The van der Waals surface area contributed by atoms with Crippen LogP contribution in [-0.4, -0.2) is 11.7 Å². The van der Waals surface area contributed by atoms with E-state index in [1.807, 2.05) is 6.07 Å². The maximum atomic E-state index is 10.1. The van der Waals surface area contributed by atoms with Gasteiger partial charge in [-0.25, -0.2) is 0 Å². The van der Waals surface area contributed by atoms with Crippen molar-refractivity contribution in [2.45, 2.75) is 6.10 Å². The average molecular weight is 342 g/mol. The minimum atomic E-state index is -0.733. The number of nitrogens with zero attached hydrogens (tertiary/aromatic N) is 1. The highest BCUT2D eigenvalue weighted by atomic mass is 35.5. The van der Waals surface area contributed by atoms with E-state index in [1.54, 1.807) is 36.4 Å². The summed E-state index contributed by atoms with van der Waals surface area (Å²) in [5, 5.41) is 23.1. The van der Waals surface area contributed by atoms with Crippen LogP contribution < -0.4 is 5.32 Å². The summed E-state index contributed by atoms with van der Waals surface area (Å²) in [6.07, 6.45) is -0.733. The molecule has 21 heavy (non-hydrogen) atoms. The van der Waals surface area contributed by atoms with Crippen molar-refractivity contribution in [3.8, 4) is 6.07 Å². The van der Waals surface area contributed by atoms with Crippen LogP contribution >= 0.6 is 34.8 Å². The molecule has 0 spiro atoms. The maximum Gasteiger partial charge on any atom is 0.0991 e. The fourth-order valence-corrected chi connectivity index (χ4v) is 2.38. The Morgan fingerprint density at radius 1 is 1.05 bits per heavy atom. The molecule has 0 radical (unpaired) electrons. The monoisotopic (exact) mass is 340 g/mol. The molecule has 6 heteroatoms. The fourth-order valence-electron chi connectivity index (χ4n) is 1.76. The SMILES string of the molecule is N#Cc1ccc(C(O)CNc2cc(Cl)c(Cl)cc2Cl)cc1. The minimum Gasteiger partial charge on any atom is -0.387 e. The van der Waals surface area contributed by atoms with E-state index in [0.29, 0.717) is 31.9 Å². The van der Waals surface area contributed by atoms with Gasteiger partial charge in [-0.2, -0.15) is 5.26 Å². The summed E-state index contributed by atoms with van der Waals surface area (Å²) in [5.41, 5.74) is 1.85. The maximum absolute atomic E-state index is 10.1. The standard InChI is InChI=1S/C15H11Cl3N2O/c16-11-5-13(18)14(6-12(11)17)20-8-15(21)10-3-1-9(7-19)2-4-10/h1-6,15,20-21H,8H2. The molecule has 2 aromatic rings. The van der Waals surface area contributed by atoms with E-state index in [1.165, 1.54) is 0 Å². The lowest BCUT2D eigenvalue weighted by Gasteiger charge is -2.14. The van der Waals surface area contributed by atoms with Gasteiger partial charge < -0.3 is 10.4 Å². The molecule has 0 aliphatic carbocycles. The third-order valence-electron chi connectivity index (χ3n) is 2.92. The van der Waals surface area contributed by atoms with Crippen LogP contribution in [0.5, 0.6) is 0 Å². The van der Waals surface area contributed by atoms with Crippen molar-refractivity contribution in [1.82, 2.24) is 0 Å². The quantitative estimate of drug-likeness (QED) is 0.795. The summed E-state index contributed by atoms with van der Waals surface area (Å²) in [6.45, 7) is 0.254. The Hall–Kier alpha value is -1.44. The van der Waals surface area contributed by atoms with Crippen LogP contribution in [0.4, 0.5) is 5.69 Å². The third-order valence-corrected chi connectivity index (χ3v) is 3.96. The molecule has 0 aliphatic rings. The molecule has 0 aromatic heterocycles. The van der Waals surface area contributed by atoms with Gasteiger partial charge in [0.15, 0.2) is 0 Å². The first-order valence-electron chi connectivity index (χ1n) is 6.08. The highest BCUT2D eigenvalue weighted by Crippen LogP contribution is 2.32. The molecular weight excluding hydrogens is 331 g/mol. The Balaban J connectivity index is 2.05. The second-order valence-electron chi connectivity index (χ2n) is 4.38. The lowest BCUT2D eigenvalue weighted by molar-refractivity contribution is 0.191. The molecule has 0 saturated carbocycles. The van der Waals surface area contributed by atoms with Crippen molar-refractivity contribution in [1.29, 1.82) is 5.26 Å². The van der Waals surface area contributed by atoms with Crippen molar-refractivity contribution in [3.05, 3.63) is 62.6 Å². The summed E-state index contributed by atoms with van der Waals surface area (Å²) in [7, 11) is 0. The predicted molar refractivity (Wildman–Crippen MR) is 86.1 cm³/mol. The zero-order chi connectivity index (χ0) is 15.4. The second-order valence-corrected chi connectivity index (χ2v) is 5.60. The molecule has 1 unspecified atom stereocenters. The van der Waals surface area contributed by atoms with Crippen LogP contribution in [0.25, 0.3) is 0 Å². The van der Waals surface area contributed by atoms with Gasteiger partial charge in [-0.1, -0.05) is 46.9 Å². The van der Waals surface area contributed by atoms with Crippen molar-refractivity contribution >= 4 is 40.5 Å². The molecule has 0 saturated heterocycles. The summed E-state index contributed by atoms with van der Waals surface area (Å²) in [6, 6.07) is 11.9. The van der Waals surface area contributed by atoms with E-state index in [2.05, 4.69) is 5.32 Å². The molecule has 2 aromatic carbocycles. The number of hydrogen-bond donors (Lipinski definition) is 2. The van der Waals surface area contributed by atoms with Gasteiger partial charge in [0, 0.05) is 6.54 Å². The zero-order valence-corrected chi connectivity index (χ0v) is 13.0. The van der Waals surface area contributed by atoms with Crippen molar-refractivity contribution in [2.24, 2.45) is 0 Å². The van der Waals surface area contributed by atoms with E-state index in [4.69, 9.17) is 40.1 Å². The first kappa shape index (κ1) is 15.9. The van der Waals surface area contributed by atoms with E-state index < -0.39 is 6.10 Å². The number of nitriles is 1. The van der Waals surface area contributed by atoms with E-state index >= 15 is 0 Å². The smallest absolute Gasteiger partial charge is 0.0991 e. The number of nitrogens with one attached hydrogen (secondary N) is 1. The predicted octanol–water partition coefficient (Wildman–Crippen LogP) is 4.66. The van der Waals surface area contributed by atoms with Gasteiger partial charge in [-0.15, -0.1) is 0 Å². The Bertz CT molecular complexity index is 681. The Kier molecular flexibility index (Phi) is 5.33. The highest BCUT2D eigenvalue weighted by Gasteiger charge is 2.10. The number of hydrogen-bond acceptors (Lipinski definition) is 3. The van der Waals surface area contributed by atoms with Crippen LogP contribution in [-0.2, 0) is 0 Å². The normalized spacial score (nSPS) is 11.8. The second kappa shape index (κ2) is 7.02. The molecule has 0 bridgehead atoms. The third kappa shape index (κ3) is 4.03. The molecule has 1 atom stereocenters. The summed E-state index contributed by atoms with van der Waals surface area (Å²) >= 11 is 17.8. The van der Waals surface area contributed by atoms with Crippen molar-refractivity contribution in [2.75, 3.05) is 11.9 Å². The fraction of sp³-hybridized carbons (Fsp3) is 0.133. The summed E-state index contributed by atoms with van der Waals surface area (Å²) in [5.74, 6) is 0. The van der Waals surface area contributed by atoms with Gasteiger partial charge in [0.25, 0.3) is 0 Å². The van der Waals surface area contributed by atoms with Gasteiger partial charge in [-0.05, 0) is 29.8 Å². The largest absolute Gasteiger partial charge is 0.387 e. The molecule has 0 amide bonds. The van der Waals surface area contributed by atoms with Crippen LogP contribution in [0, 0.1) is 11.3 Å². The van der Waals surface area contributed by atoms with Gasteiger partial charge in [0.1, 0.15) is 0 Å². The van der Waals surface area contributed by atoms with Crippen molar-refractivity contribution < 1.29 is 5.11 Å². The number of anilines is 1. The topological polar surface area (TPSA) is 56.0 Å². The summed E-state index contributed by atoms with van der Waals surface area (Å²) in [4.78, 5) is 0. The zero-order valence-electron chi connectivity index (χ0n) is 10.8. The first-order valence-corrected chi connectivity index (χ1v) is 7.21. The molecule has 3 nitrogen and oxygen atoms in total. The molecule has 108 valence electrons. The lowest BCUT2D eigenvalue weighted by Crippen LogP contribution is -2.12. The van der Waals surface area contributed by atoms with Crippen LogP contribution in [0.15, 0.2) is 36.4 Å². The molecule has 0 fully saturated rings. The Labute approximate surface area is 137 Å². The number of benzene rings is 2. The Morgan fingerprint density at radius 3 is 2.29 bits per heavy atom. The number of aliphatic hydroxyl groups is 1. The molecule has 2 N–H and O–H groups in total. The first-order chi connectivity index (χ1) is 10.0. The minimum absolute atomic E-state index is 0.254. The van der Waals surface area contributed by atoms with E-state index in [0.717, 1.165) is 0 Å². The molecule has 0 heterocycles. The van der Waals surface area contributed by atoms with Gasteiger partial charge in [-0.3, -0.25) is 0 Å². The number of rotatable bonds is 4. The van der Waals surface area contributed by atoms with Gasteiger partial charge in [0.2, 0.25) is 0 Å². The lowest BCUT2D eigenvalue weighted by atomic mass is 10.1. The average Bonchev–Trinajstić information content (AvgIpc) is 2.49.